The molecule has 0 bridgehead atoms. The molecule has 0 saturated carbocycles. The van der Waals surface area contributed by atoms with Crippen molar-refractivity contribution in [2.75, 3.05) is 26.3 Å². The highest BCUT2D eigenvalue weighted by Gasteiger charge is 2.05. The first-order valence-electron chi connectivity index (χ1n) is 5.57. The van der Waals surface area contributed by atoms with E-state index in [2.05, 4.69) is 17.2 Å². The van der Waals surface area contributed by atoms with Gasteiger partial charge in [0.1, 0.15) is 0 Å². The van der Waals surface area contributed by atoms with Crippen LogP contribution in [0.25, 0.3) is 0 Å². The highest BCUT2D eigenvalue weighted by Crippen LogP contribution is 1.91. The van der Waals surface area contributed by atoms with Gasteiger partial charge in [-0.15, -0.1) is 6.58 Å². The minimum Gasteiger partial charge on any atom is -0.395 e. The molecule has 0 aliphatic heterocycles. The molecule has 4 N–H and O–H groups in total. The summed E-state index contributed by atoms with van der Waals surface area (Å²) in [7, 11) is 0. The third-order valence-electron chi connectivity index (χ3n) is 2.38. The van der Waals surface area contributed by atoms with Gasteiger partial charge in [-0.2, -0.15) is 0 Å². The molecule has 0 amide bonds. The summed E-state index contributed by atoms with van der Waals surface area (Å²) in [6.07, 6.45) is 3.49. The van der Waals surface area contributed by atoms with Gasteiger partial charge in [0.2, 0.25) is 0 Å². The second-order valence-corrected chi connectivity index (χ2v) is 3.60. The molecule has 0 heterocycles. The maximum absolute atomic E-state index is 8.99. The van der Waals surface area contributed by atoms with Gasteiger partial charge in [-0.05, 0) is 12.8 Å². The zero-order chi connectivity index (χ0) is 11.5. The molecule has 0 aliphatic rings. The summed E-state index contributed by atoms with van der Waals surface area (Å²) < 4.78 is 0. The molecule has 0 unspecified atom stereocenters. The number of rotatable bonds is 10. The standard InChI is InChI=1S/C11H24N2O2/c1-3-5-11(9-15)13-7-6-12-10(4-2)8-14/h3,10-15H,1,4-9H2,2H3/t10-,11-/m0/s1. The van der Waals surface area contributed by atoms with Crippen molar-refractivity contribution in [3.8, 4) is 0 Å². The van der Waals surface area contributed by atoms with Gasteiger partial charge in [-0.25, -0.2) is 0 Å². The van der Waals surface area contributed by atoms with Crippen molar-refractivity contribution in [2.45, 2.75) is 31.8 Å². The lowest BCUT2D eigenvalue weighted by Crippen LogP contribution is -2.40. The number of hydrogen-bond acceptors (Lipinski definition) is 4. The molecule has 0 aliphatic carbocycles. The minimum absolute atomic E-state index is 0.0958. The number of hydrogen-bond donors (Lipinski definition) is 4. The van der Waals surface area contributed by atoms with Crippen LogP contribution in [0.2, 0.25) is 0 Å². The van der Waals surface area contributed by atoms with Gasteiger partial charge < -0.3 is 20.8 Å². The Hall–Kier alpha value is -0.420. The van der Waals surface area contributed by atoms with E-state index in [9.17, 15) is 0 Å². The molecule has 0 aromatic rings. The summed E-state index contributed by atoms with van der Waals surface area (Å²) in [4.78, 5) is 0. The van der Waals surface area contributed by atoms with Crippen LogP contribution in [0.1, 0.15) is 19.8 Å². The summed E-state index contributed by atoms with van der Waals surface area (Å²) in [6.45, 7) is 7.56. The number of aliphatic hydroxyl groups excluding tert-OH is 2. The monoisotopic (exact) mass is 216 g/mol. The first-order chi connectivity index (χ1) is 7.28. The van der Waals surface area contributed by atoms with E-state index in [1.54, 1.807) is 6.08 Å². The molecule has 2 atom stereocenters. The predicted molar refractivity (Wildman–Crippen MR) is 62.9 cm³/mol. The third kappa shape index (κ3) is 7.50. The predicted octanol–water partition coefficient (Wildman–Crippen LogP) is -0.126. The van der Waals surface area contributed by atoms with Crippen molar-refractivity contribution in [1.29, 1.82) is 0 Å². The molecule has 0 rings (SSSR count). The summed E-state index contributed by atoms with van der Waals surface area (Å²) in [6, 6.07) is 0.275. The van der Waals surface area contributed by atoms with E-state index in [-0.39, 0.29) is 25.3 Å². The van der Waals surface area contributed by atoms with E-state index in [1.807, 2.05) is 6.92 Å². The maximum Gasteiger partial charge on any atom is 0.0587 e. The zero-order valence-electron chi connectivity index (χ0n) is 9.58. The second-order valence-electron chi connectivity index (χ2n) is 3.60. The van der Waals surface area contributed by atoms with Crippen molar-refractivity contribution in [3.05, 3.63) is 12.7 Å². The SMILES string of the molecule is C=CC[C@@H](CO)NCCN[C@@H](CC)CO. The summed E-state index contributed by atoms with van der Waals surface area (Å²) in [5.74, 6) is 0. The molecule has 0 aromatic heterocycles. The Labute approximate surface area is 92.4 Å². The van der Waals surface area contributed by atoms with Crippen LogP contribution < -0.4 is 10.6 Å². The lowest BCUT2D eigenvalue weighted by molar-refractivity contribution is 0.231. The van der Waals surface area contributed by atoms with Gasteiger partial charge in [0, 0.05) is 25.2 Å². The average Bonchev–Trinajstić information content (AvgIpc) is 2.28. The Morgan fingerprint density at radius 3 is 2.07 bits per heavy atom. The minimum atomic E-state index is 0.0958. The molecule has 0 spiro atoms. The van der Waals surface area contributed by atoms with Gasteiger partial charge in [0.05, 0.1) is 13.2 Å². The van der Waals surface area contributed by atoms with Crippen LogP contribution in [0.5, 0.6) is 0 Å². The van der Waals surface area contributed by atoms with Crippen LogP contribution in [0.3, 0.4) is 0 Å². The molecule has 4 heteroatoms. The maximum atomic E-state index is 8.99. The van der Waals surface area contributed by atoms with Crippen molar-refractivity contribution in [1.82, 2.24) is 10.6 Å². The fourth-order valence-corrected chi connectivity index (χ4v) is 1.31. The van der Waals surface area contributed by atoms with Crippen molar-refractivity contribution >= 4 is 0 Å². The molecule has 4 nitrogen and oxygen atoms in total. The first-order valence-corrected chi connectivity index (χ1v) is 5.57. The van der Waals surface area contributed by atoms with Crippen molar-refractivity contribution < 1.29 is 10.2 Å². The topological polar surface area (TPSA) is 64.5 Å². The Morgan fingerprint density at radius 1 is 1.13 bits per heavy atom. The summed E-state index contributed by atoms with van der Waals surface area (Å²) >= 11 is 0. The van der Waals surface area contributed by atoms with Crippen LogP contribution in [-0.2, 0) is 0 Å². The van der Waals surface area contributed by atoms with E-state index in [4.69, 9.17) is 10.2 Å². The van der Waals surface area contributed by atoms with E-state index < -0.39 is 0 Å². The third-order valence-corrected chi connectivity index (χ3v) is 2.38. The molecule has 90 valence electrons. The van der Waals surface area contributed by atoms with Crippen LogP contribution in [-0.4, -0.2) is 48.6 Å². The molecular weight excluding hydrogens is 192 g/mol. The summed E-state index contributed by atoms with van der Waals surface area (Å²) in [5, 5.41) is 24.3. The highest BCUT2D eigenvalue weighted by atomic mass is 16.3. The second kappa shape index (κ2) is 10.1. The lowest BCUT2D eigenvalue weighted by atomic mass is 10.2. The van der Waals surface area contributed by atoms with Gasteiger partial charge in [0.25, 0.3) is 0 Å². The fourth-order valence-electron chi connectivity index (χ4n) is 1.31. The first kappa shape index (κ1) is 14.6. The van der Waals surface area contributed by atoms with Crippen LogP contribution >= 0.6 is 0 Å². The molecule has 0 saturated heterocycles. The van der Waals surface area contributed by atoms with E-state index in [0.29, 0.717) is 0 Å². The molecule has 0 fully saturated rings. The van der Waals surface area contributed by atoms with Crippen molar-refractivity contribution in [3.63, 3.8) is 0 Å². The van der Waals surface area contributed by atoms with E-state index in [1.165, 1.54) is 0 Å². The normalized spacial score (nSPS) is 14.9. The van der Waals surface area contributed by atoms with Gasteiger partial charge in [0.15, 0.2) is 0 Å². The van der Waals surface area contributed by atoms with Gasteiger partial charge in [-0.3, -0.25) is 0 Å². The van der Waals surface area contributed by atoms with Crippen LogP contribution in [0, 0.1) is 0 Å². The molecule has 0 radical (unpaired) electrons. The average molecular weight is 216 g/mol. The summed E-state index contributed by atoms with van der Waals surface area (Å²) in [5.41, 5.74) is 0. The number of nitrogens with one attached hydrogen (secondary N) is 2. The Kier molecular flexibility index (Phi) is 9.83. The van der Waals surface area contributed by atoms with Crippen LogP contribution in [0.4, 0.5) is 0 Å². The largest absolute Gasteiger partial charge is 0.395 e. The van der Waals surface area contributed by atoms with Crippen molar-refractivity contribution in [2.24, 2.45) is 0 Å². The molecule has 15 heavy (non-hydrogen) atoms. The molecular formula is C11H24N2O2. The zero-order valence-corrected chi connectivity index (χ0v) is 9.58. The Balaban J connectivity index is 3.46. The lowest BCUT2D eigenvalue weighted by Gasteiger charge is -2.17. The fraction of sp³-hybridized carbons (Fsp3) is 0.818. The Morgan fingerprint density at radius 2 is 1.67 bits per heavy atom. The quantitative estimate of drug-likeness (QED) is 0.303. The van der Waals surface area contributed by atoms with E-state index in [0.717, 1.165) is 25.9 Å². The smallest absolute Gasteiger partial charge is 0.0587 e. The van der Waals surface area contributed by atoms with E-state index >= 15 is 0 Å². The highest BCUT2D eigenvalue weighted by molar-refractivity contribution is 4.77. The van der Waals surface area contributed by atoms with Gasteiger partial charge in [-0.1, -0.05) is 13.0 Å². The number of aliphatic hydroxyl groups is 2. The Bertz CT molecular complexity index is 150. The van der Waals surface area contributed by atoms with Gasteiger partial charge >= 0.3 is 0 Å². The molecule has 0 aromatic carbocycles. The van der Waals surface area contributed by atoms with Crippen LogP contribution in [0.15, 0.2) is 12.7 Å².